The standard InChI is InChI=1S/C22H26ClN7O4.ClH/c1-14(21(31)30-5-7-34-8-6-30)25-4-3-15-9-19(33-2)18(10-17(15)23)28-22(32)29-20-13-26-16(11-24)12-27-20;/h9-10,12-14,25H,3-8H2,1-2H3,(H2,27,28,29,32);1H/t14-;/m0./s1. The van der Waals surface area contributed by atoms with E-state index < -0.39 is 6.03 Å². The van der Waals surface area contributed by atoms with Crippen molar-refractivity contribution in [3.8, 4) is 11.8 Å². The van der Waals surface area contributed by atoms with Crippen LogP contribution in [0.2, 0.25) is 5.02 Å². The van der Waals surface area contributed by atoms with Crippen molar-refractivity contribution in [2.75, 3.05) is 50.6 Å². The number of nitriles is 1. The number of carbonyl (C=O) groups excluding carboxylic acids is 2. The Morgan fingerprint density at radius 2 is 2.00 bits per heavy atom. The van der Waals surface area contributed by atoms with Gasteiger partial charge in [0.25, 0.3) is 0 Å². The van der Waals surface area contributed by atoms with Crippen molar-refractivity contribution < 1.29 is 19.1 Å². The molecule has 0 bridgehead atoms. The van der Waals surface area contributed by atoms with Crippen molar-refractivity contribution in [1.82, 2.24) is 20.2 Å². The van der Waals surface area contributed by atoms with Gasteiger partial charge in [-0.15, -0.1) is 12.4 Å². The van der Waals surface area contributed by atoms with Crippen LogP contribution in [0.1, 0.15) is 18.2 Å². The molecule has 1 aliphatic rings. The first-order valence-corrected chi connectivity index (χ1v) is 11.1. The largest absolute Gasteiger partial charge is 0.495 e. The zero-order valence-corrected chi connectivity index (χ0v) is 20.9. The fourth-order valence-electron chi connectivity index (χ4n) is 3.34. The average molecular weight is 524 g/mol. The smallest absolute Gasteiger partial charge is 0.325 e. The summed E-state index contributed by atoms with van der Waals surface area (Å²) in [5.41, 5.74) is 1.32. The van der Waals surface area contributed by atoms with Crippen LogP contribution in [0.5, 0.6) is 5.75 Å². The molecule has 0 unspecified atom stereocenters. The average Bonchev–Trinajstić information content (AvgIpc) is 2.85. The highest BCUT2D eigenvalue weighted by Crippen LogP contribution is 2.31. The van der Waals surface area contributed by atoms with Crippen molar-refractivity contribution in [3.05, 3.63) is 40.8 Å². The van der Waals surface area contributed by atoms with Gasteiger partial charge in [-0.3, -0.25) is 10.1 Å². The number of rotatable bonds is 8. The lowest BCUT2D eigenvalue weighted by Gasteiger charge is -2.29. The van der Waals surface area contributed by atoms with Gasteiger partial charge < -0.3 is 25.0 Å². The number of carbonyl (C=O) groups is 2. The summed E-state index contributed by atoms with van der Waals surface area (Å²) in [5, 5.41) is 17.6. The number of hydrogen-bond acceptors (Lipinski definition) is 8. The van der Waals surface area contributed by atoms with Gasteiger partial charge >= 0.3 is 6.03 Å². The zero-order valence-electron chi connectivity index (χ0n) is 19.3. The summed E-state index contributed by atoms with van der Waals surface area (Å²) in [5.74, 6) is 0.660. The minimum absolute atomic E-state index is 0. The summed E-state index contributed by atoms with van der Waals surface area (Å²) in [7, 11) is 1.49. The van der Waals surface area contributed by atoms with Gasteiger partial charge in [0.05, 0.1) is 44.4 Å². The van der Waals surface area contributed by atoms with Crippen LogP contribution in [0.15, 0.2) is 24.5 Å². The fraction of sp³-hybridized carbons (Fsp3) is 0.409. The topological polar surface area (TPSA) is 142 Å². The molecule has 1 fully saturated rings. The second kappa shape index (κ2) is 13.7. The molecule has 0 saturated carbocycles. The van der Waals surface area contributed by atoms with E-state index in [0.717, 1.165) is 5.56 Å². The van der Waals surface area contributed by atoms with Crippen molar-refractivity contribution in [3.63, 3.8) is 0 Å². The molecule has 1 saturated heterocycles. The summed E-state index contributed by atoms with van der Waals surface area (Å²) in [4.78, 5) is 34.4. The molecule has 35 heavy (non-hydrogen) atoms. The number of halogens is 2. The maximum absolute atomic E-state index is 12.5. The minimum Gasteiger partial charge on any atom is -0.495 e. The first-order chi connectivity index (χ1) is 16.4. The molecule has 2 aromatic rings. The number of methoxy groups -OCH3 is 1. The number of urea groups is 1. The van der Waals surface area contributed by atoms with Crippen LogP contribution < -0.4 is 20.7 Å². The summed E-state index contributed by atoms with van der Waals surface area (Å²) in [6.45, 7) is 4.70. The van der Waals surface area contributed by atoms with Crippen molar-refractivity contribution in [2.45, 2.75) is 19.4 Å². The summed E-state index contributed by atoms with van der Waals surface area (Å²) >= 11 is 6.44. The maximum Gasteiger partial charge on any atom is 0.325 e. The monoisotopic (exact) mass is 523 g/mol. The van der Waals surface area contributed by atoms with Crippen LogP contribution in [0.4, 0.5) is 16.3 Å². The third-order valence-corrected chi connectivity index (χ3v) is 5.51. The van der Waals surface area contributed by atoms with Gasteiger partial charge in [-0.25, -0.2) is 14.8 Å². The number of benzene rings is 1. The Labute approximate surface area is 214 Å². The molecule has 1 aliphatic heterocycles. The van der Waals surface area contributed by atoms with Crippen LogP contribution in [0, 0.1) is 11.3 Å². The van der Waals surface area contributed by atoms with Crippen LogP contribution in [-0.4, -0.2) is 72.8 Å². The molecule has 188 valence electrons. The van der Waals surface area contributed by atoms with Crippen LogP contribution >= 0.6 is 24.0 Å². The first kappa shape index (κ1) is 28.1. The van der Waals surface area contributed by atoms with Gasteiger partial charge in [-0.05, 0) is 37.6 Å². The number of nitrogens with one attached hydrogen (secondary N) is 3. The number of hydrogen-bond donors (Lipinski definition) is 3. The first-order valence-electron chi connectivity index (χ1n) is 10.7. The predicted octanol–water partition coefficient (Wildman–Crippen LogP) is 2.46. The Bertz CT molecular complexity index is 1060. The minimum atomic E-state index is -0.571. The molecule has 3 amide bonds. The number of ether oxygens (including phenoxy) is 2. The Morgan fingerprint density at radius 1 is 1.26 bits per heavy atom. The Balaban J connectivity index is 0.00000432. The number of anilines is 2. The quantitative estimate of drug-likeness (QED) is 0.478. The highest BCUT2D eigenvalue weighted by Gasteiger charge is 2.22. The molecular formula is C22H27Cl2N7O4. The highest BCUT2D eigenvalue weighted by molar-refractivity contribution is 6.31. The van der Waals surface area contributed by atoms with Crippen molar-refractivity contribution in [1.29, 1.82) is 5.26 Å². The third kappa shape index (κ3) is 7.93. The molecule has 0 aliphatic carbocycles. The Kier molecular flexibility index (Phi) is 10.9. The Hall–Kier alpha value is -3.17. The normalized spacial score (nSPS) is 13.7. The maximum atomic E-state index is 12.5. The second-order valence-electron chi connectivity index (χ2n) is 7.49. The molecule has 2 heterocycles. The van der Waals surface area contributed by atoms with E-state index >= 15 is 0 Å². The van der Waals surface area contributed by atoms with Gasteiger partial charge in [0.1, 0.15) is 11.8 Å². The molecule has 1 atom stereocenters. The van der Waals surface area contributed by atoms with Crippen LogP contribution in [-0.2, 0) is 16.0 Å². The summed E-state index contributed by atoms with van der Waals surface area (Å²) in [6, 6.07) is 4.30. The van der Waals surface area contributed by atoms with E-state index in [1.165, 1.54) is 19.5 Å². The second-order valence-corrected chi connectivity index (χ2v) is 7.89. The number of nitrogens with zero attached hydrogens (tertiary/aromatic N) is 4. The van der Waals surface area contributed by atoms with Gasteiger partial charge in [-0.1, -0.05) is 11.6 Å². The van der Waals surface area contributed by atoms with Gasteiger partial charge in [-0.2, -0.15) is 5.26 Å². The van der Waals surface area contributed by atoms with Crippen molar-refractivity contribution in [2.24, 2.45) is 0 Å². The number of amides is 3. The summed E-state index contributed by atoms with van der Waals surface area (Å²) < 4.78 is 10.7. The lowest BCUT2D eigenvalue weighted by Crippen LogP contribution is -2.49. The molecule has 13 heteroatoms. The van der Waals surface area contributed by atoms with Gasteiger partial charge in [0.2, 0.25) is 5.91 Å². The predicted molar refractivity (Wildman–Crippen MR) is 133 cm³/mol. The lowest BCUT2D eigenvalue weighted by molar-refractivity contribution is -0.137. The van der Waals surface area contributed by atoms with E-state index in [1.807, 2.05) is 13.0 Å². The lowest BCUT2D eigenvalue weighted by atomic mass is 10.1. The molecule has 1 aromatic carbocycles. The van der Waals surface area contributed by atoms with Gasteiger partial charge in [0.15, 0.2) is 11.5 Å². The van der Waals surface area contributed by atoms with E-state index in [4.69, 9.17) is 26.3 Å². The molecule has 3 N–H and O–H groups in total. The molecule has 1 aromatic heterocycles. The number of morpholine rings is 1. The van der Waals surface area contributed by atoms with E-state index in [1.54, 1.807) is 17.0 Å². The molecule has 0 spiro atoms. The third-order valence-electron chi connectivity index (χ3n) is 5.16. The fourth-order valence-corrected chi connectivity index (χ4v) is 3.60. The highest BCUT2D eigenvalue weighted by atomic mass is 35.5. The van der Waals surface area contributed by atoms with Gasteiger partial charge in [0, 0.05) is 18.1 Å². The summed E-state index contributed by atoms with van der Waals surface area (Å²) in [6.07, 6.45) is 3.09. The molecule has 3 rings (SSSR count). The SMILES string of the molecule is COc1cc(CCN[C@@H](C)C(=O)N2CCOCC2)c(Cl)cc1NC(=O)Nc1cnc(C#N)cn1.Cl. The molecule has 11 nitrogen and oxygen atoms in total. The zero-order chi connectivity index (χ0) is 24.5. The molecular weight excluding hydrogens is 497 g/mol. The Morgan fingerprint density at radius 3 is 2.63 bits per heavy atom. The van der Waals surface area contributed by atoms with Crippen LogP contribution in [0.3, 0.4) is 0 Å². The molecule has 0 radical (unpaired) electrons. The number of aromatic nitrogens is 2. The van der Waals surface area contributed by atoms with E-state index in [9.17, 15) is 9.59 Å². The van der Waals surface area contributed by atoms with Crippen molar-refractivity contribution >= 4 is 47.5 Å². The van der Waals surface area contributed by atoms with E-state index in [0.29, 0.717) is 55.7 Å². The van der Waals surface area contributed by atoms with E-state index in [2.05, 4.69) is 25.9 Å². The van der Waals surface area contributed by atoms with Crippen LogP contribution in [0.25, 0.3) is 0 Å². The van der Waals surface area contributed by atoms with E-state index in [-0.39, 0.29) is 35.9 Å².